The largest absolute Gasteiger partial charge is 0.472 e. The number of carbonyl (C=O) groups is 2. The Labute approximate surface area is 493 Å². The van der Waals surface area contributed by atoms with Crippen LogP contribution in [-0.4, -0.2) is 74.3 Å². The van der Waals surface area contributed by atoms with Gasteiger partial charge in [-0.3, -0.25) is 18.6 Å². The number of quaternary nitrogens is 1. The first-order valence-electron chi connectivity index (χ1n) is 32.4. The summed E-state index contributed by atoms with van der Waals surface area (Å²) in [5, 5.41) is 3.03. The zero-order valence-corrected chi connectivity index (χ0v) is 53.2. The lowest BCUT2D eigenvalue weighted by Gasteiger charge is -2.27. The van der Waals surface area contributed by atoms with Crippen LogP contribution in [0.5, 0.6) is 0 Å². The number of ether oxygens (including phenoxy) is 1. The second-order valence-corrected chi connectivity index (χ2v) is 24.0. The first-order valence-corrected chi connectivity index (χ1v) is 33.9. The van der Waals surface area contributed by atoms with E-state index in [-0.39, 0.29) is 37.9 Å². The minimum Gasteiger partial charge on any atom is -0.456 e. The molecule has 0 radical (unpaired) electrons. The van der Waals surface area contributed by atoms with E-state index >= 15 is 0 Å². The monoisotopic (exact) mass is 1130 g/mol. The molecule has 0 aromatic rings. The molecule has 0 saturated heterocycles. The third kappa shape index (κ3) is 59.0. The topological polar surface area (TPSA) is 111 Å². The van der Waals surface area contributed by atoms with Crippen LogP contribution in [0.2, 0.25) is 0 Å². The van der Waals surface area contributed by atoms with Gasteiger partial charge in [0.05, 0.1) is 33.8 Å². The molecule has 0 aliphatic heterocycles. The summed E-state index contributed by atoms with van der Waals surface area (Å²) >= 11 is 0. The predicted octanol–water partition coefficient (Wildman–Crippen LogP) is 20.3. The van der Waals surface area contributed by atoms with Gasteiger partial charge in [0.2, 0.25) is 5.91 Å². The normalized spacial score (nSPS) is 14.4. The van der Waals surface area contributed by atoms with Crippen LogP contribution in [0.1, 0.15) is 258 Å². The predicted molar refractivity (Wildman–Crippen MR) is 346 cm³/mol. The molecule has 458 valence electrons. The fraction of sp³-hybridized carbons (Fsp3) is 0.686. The van der Waals surface area contributed by atoms with Gasteiger partial charge in [-0.05, 0) is 122 Å². The van der Waals surface area contributed by atoms with Crippen molar-refractivity contribution in [2.75, 3.05) is 40.9 Å². The van der Waals surface area contributed by atoms with E-state index in [2.05, 4.69) is 135 Å². The van der Waals surface area contributed by atoms with E-state index in [0.29, 0.717) is 17.4 Å². The second-order valence-electron chi connectivity index (χ2n) is 22.5. The Morgan fingerprint density at radius 2 is 0.800 bits per heavy atom. The van der Waals surface area contributed by atoms with Gasteiger partial charge in [0.1, 0.15) is 19.3 Å². The maximum atomic E-state index is 13.6. The van der Waals surface area contributed by atoms with Crippen molar-refractivity contribution in [1.82, 2.24) is 5.32 Å². The number of nitrogens with one attached hydrogen (secondary N) is 1. The van der Waals surface area contributed by atoms with Crippen LogP contribution in [-0.2, 0) is 27.9 Å². The molecule has 1 amide bonds. The Bertz CT molecular complexity index is 1780. The zero-order chi connectivity index (χ0) is 58.6. The number of unbranched alkanes of at least 4 members (excludes halogenated alkanes) is 23. The minimum absolute atomic E-state index is 0.0239. The molecule has 0 aromatic heterocycles. The summed E-state index contributed by atoms with van der Waals surface area (Å²) in [5.74, 6) is -0.570. The van der Waals surface area contributed by atoms with Gasteiger partial charge in [0, 0.05) is 12.8 Å². The van der Waals surface area contributed by atoms with Crippen LogP contribution >= 0.6 is 7.82 Å². The molecule has 0 saturated carbocycles. The van der Waals surface area contributed by atoms with Gasteiger partial charge in [-0.2, -0.15) is 0 Å². The summed E-state index contributed by atoms with van der Waals surface area (Å²) in [6.45, 7) is 6.82. The Morgan fingerprint density at radius 1 is 0.450 bits per heavy atom. The quantitative estimate of drug-likeness (QED) is 0.0205. The van der Waals surface area contributed by atoms with E-state index in [1.54, 1.807) is 0 Å². The molecule has 9 nitrogen and oxygen atoms in total. The molecule has 0 aromatic carbocycles. The zero-order valence-electron chi connectivity index (χ0n) is 52.3. The Morgan fingerprint density at radius 3 is 1.24 bits per heavy atom. The summed E-state index contributed by atoms with van der Waals surface area (Å²) in [7, 11) is 1.45. The number of amides is 1. The van der Waals surface area contributed by atoms with Crippen molar-refractivity contribution in [3.05, 3.63) is 122 Å². The first-order chi connectivity index (χ1) is 38.9. The molecule has 0 spiro atoms. The van der Waals surface area contributed by atoms with Crippen molar-refractivity contribution >= 4 is 19.7 Å². The van der Waals surface area contributed by atoms with Crippen molar-refractivity contribution in [3.63, 3.8) is 0 Å². The first kappa shape index (κ1) is 76.4. The van der Waals surface area contributed by atoms with Gasteiger partial charge in [0.15, 0.2) is 0 Å². The fourth-order valence-corrected chi connectivity index (χ4v) is 9.39. The number of allylic oxidation sites excluding steroid dienone is 19. The average Bonchev–Trinajstić information content (AvgIpc) is 3.42. The molecule has 3 unspecified atom stereocenters. The molecule has 0 aliphatic rings. The van der Waals surface area contributed by atoms with Gasteiger partial charge >= 0.3 is 13.8 Å². The minimum atomic E-state index is -4.47. The van der Waals surface area contributed by atoms with Gasteiger partial charge in [-0.1, -0.05) is 245 Å². The Hall–Kier alpha value is -3.59. The standard InChI is InChI=1S/C70H121N2O7P/c1-7-10-13-16-19-22-25-28-30-32-34-36-38-40-42-44-47-50-53-56-59-62-69(73)71-67(66-78-80(75,76)77-65-64-72(4,5)6)68(61-58-55-52-49-46-27-24-21-18-15-12-9-3)79-70(74)63-60-57-54-51-48-45-43-41-39-37-35-33-31-29-26-23-20-17-14-11-8-2/h10,13,19-20,22-23,28-31,34-37,40,42,47,50,58,61,67-68H,7-9,11-12,14-18,21,24-27,32-33,38-39,41,43-46,48-49,51-57,59-60,62-66H2,1-6H3,(H-,71,73,75,76)/p+1/b13-10-,22-19-,23-20-,30-28-,31-29-,36-34-,37-35-,42-40-,50-47-,61-58+. The highest BCUT2D eigenvalue weighted by Gasteiger charge is 2.30. The Balaban J connectivity index is 5.32. The molecular weight excluding hydrogens is 1010 g/mol. The highest BCUT2D eigenvalue weighted by atomic mass is 31.2. The van der Waals surface area contributed by atoms with Crippen LogP contribution in [0, 0.1) is 0 Å². The summed E-state index contributed by atoms with van der Waals surface area (Å²) in [6, 6.07) is -0.883. The number of rotatable bonds is 57. The smallest absolute Gasteiger partial charge is 0.456 e. The van der Waals surface area contributed by atoms with Crippen molar-refractivity contribution in [2.24, 2.45) is 0 Å². The lowest BCUT2D eigenvalue weighted by Crippen LogP contribution is -2.47. The molecule has 0 heterocycles. The summed E-state index contributed by atoms with van der Waals surface area (Å²) in [4.78, 5) is 37.8. The molecule has 0 rings (SSSR count). The van der Waals surface area contributed by atoms with Crippen LogP contribution in [0.4, 0.5) is 0 Å². The second kappa shape index (κ2) is 58.6. The fourth-order valence-electron chi connectivity index (χ4n) is 8.66. The highest BCUT2D eigenvalue weighted by molar-refractivity contribution is 7.47. The SMILES string of the molecule is CC/C=C\C/C=C\C/C=C\C/C=C\C/C=C\C/C=C\CCCCC(=O)NC(COP(=O)(O)OCC[N+](C)(C)C)C(/C=C/CCCCCCCCCCCC)OC(=O)CCCCCCCCCC/C=C\C/C=C\C/C=C\CCCCC. The molecule has 2 N–H and O–H groups in total. The van der Waals surface area contributed by atoms with Crippen molar-refractivity contribution in [1.29, 1.82) is 0 Å². The van der Waals surface area contributed by atoms with Crippen LogP contribution in [0.15, 0.2) is 122 Å². The van der Waals surface area contributed by atoms with E-state index in [4.69, 9.17) is 13.8 Å². The number of carbonyl (C=O) groups excluding carboxylic acids is 2. The van der Waals surface area contributed by atoms with E-state index in [9.17, 15) is 19.0 Å². The van der Waals surface area contributed by atoms with Crippen molar-refractivity contribution in [2.45, 2.75) is 270 Å². The van der Waals surface area contributed by atoms with Gasteiger partial charge in [-0.15, -0.1) is 0 Å². The number of esters is 1. The molecular formula is C70H122N2O7P+. The number of hydrogen-bond acceptors (Lipinski definition) is 6. The third-order valence-electron chi connectivity index (χ3n) is 13.6. The molecule has 10 heteroatoms. The average molecular weight is 1130 g/mol. The number of likely N-dealkylation sites (N-methyl/N-ethyl adjacent to an activating group) is 1. The van der Waals surface area contributed by atoms with E-state index in [1.807, 2.05) is 33.3 Å². The van der Waals surface area contributed by atoms with E-state index < -0.39 is 20.0 Å². The summed E-state index contributed by atoms with van der Waals surface area (Å²) < 4.78 is 30.7. The lowest BCUT2D eigenvalue weighted by atomic mass is 10.0. The number of phosphoric acid groups is 1. The third-order valence-corrected chi connectivity index (χ3v) is 14.6. The maximum Gasteiger partial charge on any atom is 0.472 e. The lowest BCUT2D eigenvalue weighted by molar-refractivity contribution is -0.870. The number of hydrogen-bond donors (Lipinski definition) is 2. The number of phosphoric ester groups is 1. The summed E-state index contributed by atoms with van der Waals surface area (Å²) in [6.07, 6.45) is 82.0. The van der Waals surface area contributed by atoms with Crippen LogP contribution in [0.3, 0.4) is 0 Å². The number of nitrogens with zero attached hydrogens (tertiary/aromatic N) is 1. The Kier molecular flexibility index (Phi) is 56.0. The molecule has 0 bridgehead atoms. The van der Waals surface area contributed by atoms with Crippen LogP contribution < -0.4 is 5.32 Å². The highest BCUT2D eigenvalue weighted by Crippen LogP contribution is 2.43. The van der Waals surface area contributed by atoms with Gasteiger partial charge in [-0.25, -0.2) is 4.57 Å². The van der Waals surface area contributed by atoms with E-state index in [0.717, 1.165) is 116 Å². The summed E-state index contributed by atoms with van der Waals surface area (Å²) in [5.41, 5.74) is 0. The van der Waals surface area contributed by atoms with E-state index in [1.165, 1.54) is 103 Å². The molecule has 80 heavy (non-hydrogen) atoms. The van der Waals surface area contributed by atoms with Gasteiger partial charge < -0.3 is 19.4 Å². The van der Waals surface area contributed by atoms with Crippen molar-refractivity contribution in [3.8, 4) is 0 Å². The molecule has 0 fully saturated rings. The molecule has 3 atom stereocenters. The maximum absolute atomic E-state index is 13.6. The van der Waals surface area contributed by atoms with Gasteiger partial charge in [0.25, 0.3) is 0 Å². The van der Waals surface area contributed by atoms with Crippen molar-refractivity contribution < 1.29 is 37.3 Å². The molecule has 0 aliphatic carbocycles. The van der Waals surface area contributed by atoms with Crippen LogP contribution in [0.25, 0.3) is 0 Å².